The summed E-state index contributed by atoms with van der Waals surface area (Å²) in [6.45, 7) is 2.00. The molecule has 4 heteroatoms. The third-order valence-electron chi connectivity index (χ3n) is 2.96. The van der Waals surface area contributed by atoms with Crippen molar-refractivity contribution in [2.75, 3.05) is 0 Å². The van der Waals surface area contributed by atoms with Gasteiger partial charge in [-0.05, 0) is 31.0 Å². The number of nitrogens with zero attached hydrogens (tertiary/aromatic N) is 2. The van der Waals surface area contributed by atoms with E-state index in [1.54, 1.807) is 6.20 Å². The number of aryl methyl sites for hydroxylation is 2. The SMILES string of the molecule is Cc1c(CCC(=O)O)c2ncccc2n1C. The van der Waals surface area contributed by atoms with Gasteiger partial charge in [0.2, 0.25) is 0 Å². The molecule has 2 rings (SSSR count). The summed E-state index contributed by atoms with van der Waals surface area (Å²) in [4.78, 5) is 14.9. The Kier molecular flexibility index (Phi) is 2.64. The first-order valence-corrected chi connectivity index (χ1v) is 5.22. The number of rotatable bonds is 3. The monoisotopic (exact) mass is 218 g/mol. The number of carboxylic acids is 1. The number of fused-ring (bicyclic) bond motifs is 1. The van der Waals surface area contributed by atoms with Crippen LogP contribution in [0.5, 0.6) is 0 Å². The molecule has 0 saturated heterocycles. The number of carboxylic acid groups (broad SMARTS) is 1. The van der Waals surface area contributed by atoms with E-state index in [1.165, 1.54) is 0 Å². The van der Waals surface area contributed by atoms with Crippen LogP contribution in [0.4, 0.5) is 0 Å². The van der Waals surface area contributed by atoms with Gasteiger partial charge in [0.15, 0.2) is 0 Å². The molecule has 0 unspecified atom stereocenters. The van der Waals surface area contributed by atoms with Crippen LogP contribution in [-0.4, -0.2) is 20.6 Å². The average Bonchev–Trinajstić information content (AvgIpc) is 2.50. The molecule has 0 radical (unpaired) electrons. The Morgan fingerprint density at radius 1 is 1.56 bits per heavy atom. The molecule has 0 bridgehead atoms. The zero-order valence-corrected chi connectivity index (χ0v) is 9.40. The Balaban J connectivity index is 2.51. The van der Waals surface area contributed by atoms with E-state index in [-0.39, 0.29) is 6.42 Å². The van der Waals surface area contributed by atoms with Crippen molar-refractivity contribution in [1.82, 2.24) is 9.55 Å². The normalized spacial score (nSPS) is 10.9. The van der Waals surface area contributed by atoms with E-state index < -0.39 is 5.97 Å². The van der Waals surface area contributed by atoms with Crippen molar-refractivity contribution in [3.63, 3.8) is 0 Å². The lowest BCUT2D eigenvalue weighted by molar-refractivity contribution is -0.136. The second-order valence-electron chi connectivity index (χ2n) is 3.89. The summed E-state index contributed by atoms with van der Waals surface area (Å²) in [7, 11) is 1.98. The molecule has 2 heterocycles. The van der Waals surface area contributed by atoms with E-state index in [1.807, 2.05) is 26.1 Å². The maximum Gasteiger partial charge on any atom is 0.303 e. The van der Waals surface area contributed by atoms with Crippen LogP contribution in [0.15, 0.2) is 18.3 Å². The minimum absolute atomic E-state index is 0.149. The second kappa shape index (κ2) is 3.96. The van der Waals surface area contributed by atoms with Crippen LogP contribution in [0.2, 0.25) is 0 Å². The number of aliphatic carboxylic acids is 1. The topological polar surface area (TPSA) is 55.1 Å². The van der Waals surface area contributed by atoms with Gasteiger partial charge in [-0.15, -0.1) is 0 Å². The Morgan fingerprint density at radius 3 is 3.00 bits per heavy atom. The van der Waals surface area contributed by atoms with Crippen molar-refractivity contribution in [2.45, 2.75) is 19.8 Å². The smallest absolute Gasteiger partial charge is 0.303 e. The molecule has 0 spiro atoms. The van der Waals surface area contributed by atoms with Crippen LogP contribution in [0.3, 0.4) is 0 Å². The van der Waals surface area contributed by atoms with Crippen LogP contribution in [0.1, 0.15) is 17.7 Å². The maximum absolute atomic E-state index is 10.6. The van der Waals surface area contributed by atoms with Crippen LogP contribution < -0.4 is 0 Å². The summed E-state index contributed by atoms with van der Waals surface area (Å²) in [5.41, 5.74) is 4.11. The lowest BCUT2D eigenvalue weighted by Crippen LogP contribution is -1.99. The molecule has 0 fully saturated rings. The predicted molar refractivity (Wildman–Crippen MR) is 61.4 cm³/mol. The first-order chi connectivity index (χ1) is 7.61. The van der Waals surface area contributed by atoms with Crippen molar-refractivity contribution < 1.29 is 9.90 Å². The lowest BCUT2D eigenvalue weighted by atomic mass is 10.1. The number of hydrogen-bond acceptors (Lipinski definition) is 2. The molecule has 0 aliphatic rings. The molecular formula is C12H14N2O2. The Labute approximate surface area is 93.5 Å². The van der Waals surface area contributed by atoms with Gasteiger partial charge in [0.25, 0.3) is 0 Å². The van der Waals surface area contributed by atoms with Gasteiger partial charge in [0.1, 0.15) is 0 Å². The van der Waals surface area contributed by atoms with E-state index >= 15 is 0 Å². The van der Waals surface area contributed by atoms with Gasteiger partial charge < -0.3 is 9.67 Å². The summed E-state index contributed by atoms with van der Waals surface area (Å²) in [5.74, 6) is -0.771. The van der Waals surface area contributed by atoms with Crippen molar-refractivity contribution in [2.24, 2.45) is 7.05 Å². The zero-order valence-electron chi connectivity index (χ0n) is 9.40. The van der Waals surface area contributed by atoms with Gasteiger partial charge in [0.05, 0.1) is 11.0 Å². The molecule has 84 valence electrons. The lowest BCUT2D eigenvalue weighted by Gasteiger charge is -1.99. The van der Waals surface area contributed by atoms with Gasteiger partial charge in [-0.1, -0.05) is 0 Å². The molecule has 0 aliphatic heterocycles. The number of carbonyl (C=O) groups is 1. The van der Waals surface area contributed by atoms with Gasteiger partial charge in [-0.3, -0.25) is 9.78 Å². The first-order valence-electron chi connectivity index (χ1n) is 5.22. The van der Waals surface area contributed by atoms with Gasteiger partial charge in [-0.25, -0.2) is 0 Å². The van der Waals surface area contributed by atoms with E-state index in [9.17, 15) is 4.79 Å². The molecule has 1 N–H and O–H groups in total. The number of pyridine rings is 1. The van der Waals surface area contributed by atoms with Crippen molar-refractivity contribution >= 4 is 17.0 Å². The molecule has 2 aromatic heterocycles. The minimum Gasteiger partial charge on any atom is -0.481 e. The predicted octanol–water partition coefficient (Wildman–Crippen LogP) is 1.90. The minimum atomic E-state index is -0.771. The maximum atomic E-state index is 10.6. The van der Waals surface area contributed by atoms with E-state index in [0.29, 0.717) is 6.42 Å². The third-order valence-corrected chi connectivity index (χ3v) is 2.96. The molecule has 0 amide bonds. The van der Waals surface area contributed by atoms with Gasteiger partial charge in [0, 0.05) is 25.4 Å². The van der Waals surface area contributed by atoms with E-state index in [4.69, 9.17) is 5.11 Å². The first kappa shape index (κ1) is 10.7. The van der Waals surface area contributed by atoms with Crippen LogP contribution in [-0.2, 0) is 18.3 Å². The molecule has 16 heavy (non-hydrogen) atoms. The average molecular weight is 218 g/mol. The van der Waals surface area contributed by atoms with Crippen LogP contribution in [0.25, 0.3) is 11.0 Å². The van der Waals surface area contributed by atoms with E-state index in [2.05, 4.69) is 9.55 Å². The Hall–Kier alpha value is -1.84. The number of aromatic nitrogens is 2. The summed E-state index contributed by atoms with van der Waals surface area (Å²) in [6.07, 6.45) is 2.43. The standard InChI is InChI=1S/C12H14N2O2/c1-8-9(5-6-11(15)16)12-10(14(8)2)4-3-7-13-12/h3-4,7H,5-6H2,1-2H3,(H,15,16). The van der Waals surface area contributed by atoms with Crippen LogP contribution in [0, 0.1) is 6.92 Å². The summed E-state index contributed by atoms with van der Waals surface area (Å²) >= 11 is 0. The van der Waals surface area contributed by atoms with Crippen LogP contribution >= 0.6 is 0 Å². The fraction of sp³-hybridized carbons (Fsp3) is 0.333. The Morgan fingerprint density at radius 2 is 2.31 bits per heavy atom. The molecule has 0 aromatic carbocycles. The molecular weight excluding hydrogens is 204 g/mol. The molecule has 0 saturated carbocycles. The fourth-order valence-electron chi connectivity index (χ4n) is 1.99. The Bertz CT molecular complexity index is 543. The quantitative estimate of drug-likeness (QED) is 0.856. The second-order valence-corrected chi connectivity index (χ2v) is 3.89. The summed E-state index contributed by atoms with van der Waals surface area (Å²) in [6, 6.07) is 3.89. The highest BCUT2D eigenvalue weighted by Gasteiger charge is 2.13. The third kappa shape index (κ3) is 1.66. The van der Waals surface area contributed by atoms with Crippen molar-refractivity contribution in [3.05, 3.63) is 29.6 Å². The molecule has 0 aliphatic carbocycles. The van der Waals surface area contributed by atoms with Crippen molar-refractivity contribution in [3.8, 4) is 0 Å². The highest BCUT2D eigenvalue weighted by molar-refractivity contribution is 5.81. The van der Waals surface area contributed by atoms with E-state index in [0.717, 1.165) is 22.3 Å². The zero-order chi connectivity index (χ0) is 11.7. The summed E-state index contributed by atoms with van der Waals surface area (Å²) in [5, 5.41) is 8.72. The number of hydrogen-bond donors (Lipinski definition) is 1. The van der Waals surface area contributed by atoms with Gasteiger partial charge >= 0.3 is 5.97 Å². The highest BCUT2D eigenvalue weighted by Crippen LogP contribution is 2.23. The largest absolute Gasteiger partial charge is 0.481 e. The summed E-state index contributed by atoms with van der Waals surface area (Å²) < 4.78 is 2.06. The molecule has 2 aromatic rings. The van der Waals surface area contributed by atoms with Gasteiger partial charge in [-0.2, -0.15) is 0 Å². The highest BCUT2D eigenvalue weighted by atomic mass is 16.4. The molecule has 4 nitrogen and oxygen atoms in total. The fourth-order valence-corrected chi connectivity index (χ4v) is 1.99. The van der Waals surface area contributed by atoms with Crippen molar-refractivity contribution in [1.29, 1.82) is 0 Å². The molecule has 0 atom stereocenters.